The van der Waals surface area contributed by atoms with Crippen molar-refractivity contribution in [3.8, 4) is 0 Å². The first-order chi connectivity index (χ1) is 14.6. The van der Waals surface area contributed by atoms with Gasteiger partial charge in [-0.15, -0.1) is 0 Å². The molecule has 1 aliphatic carbocycles. The van der Waals surface area contributed by atoms with E-state index < -0.39 is 38.8 Å². The van der Waals surface area contributed by atoms with Crippen LogP contribution in [0.4, 0.5) is 13.2 Å². The van der Waals surface area contributed by atoms with Gasteiger partial charge in [-0.3, -0.25) is 9.59 Å². The maximum atomic E-state index is 13.1. The molecule has 0 bridgehead atoms. The van der Waals surface area contributed by atoms with Gasteiger partial charge in [0.2, 0.25) is 11.8 Å². The molecule has 1 aromatic rings. The molecular formula is C21H27F3N2O4S. The Balaban J connectivity index is 1.72. The zero-order valence-electron chi connectivity index (χ0n) is 17.2. The lowest BCUT2D eigenvalue weighted by atomic mass is 10.0. The van der Waals surface area contributed by atoms with Crippen molar-refractivity contribution in [3.05, 3.63) is 35.4 Å². The summed E-state index contributed by atoms with van der Waals surface area (Å²) in [7, 11) is -3.39. The summed E-state index contributed by atoms with van der Waals surface area (Å²) in [6.07, 6.45) is -0.854. The number of rotatable bonds is 8. The Bertz CT molecular complexity index is 911. The summed E-state index contributed by atoms with van der Waals surface area (Å²) < 4.78 is 64.2. The molecular weight excluding hydrogens is 433 g/mol. The number of nitrogens with one attached hydrogen (secondary N) is 1. The number of sulfone groups is 1. The van der Waals surface area contributed by atoms with Gasteiger partial charge < -0.3 is 10.2 Å². The molecule has 31 heavy (non-hydrogen) atoms. The van der Waals surface area contributed by atoms with Crippen LogP contribution in [0.25, 0.3) is 0 Å². The monoisotopic (exact) mass is 460 g/mol. The number of benzene rings is 1. The molecule has 172 valence electrons. The predicted molar refractivity (Wildman–Crippen MR) is 109 cm³/mol. The van der Waals surface area contributed by atoms with Gasteiger partial charge in [-0.1, -0.05) is 25.0 Å². The van der Waals surface area contributed by atoms with Crippen molar-refractivity contribution in [1.29, 1.82) is 0 Å². The maximum Gasteiger partial charge on any atom is 0.416 e. The van der Waals surface area contributed by atoms with E-state index in [-0.39, 0.29) is 30.2 Å². The van der Waals surface area contributed by atoms with E-state index in [9.17, 15) is 31.2 Å². The van der Waals surface area contributed by atoms with Gasteiger partial charge in [0, 0.05) is 25.9 Å². The van der Waals surface area contributed by atoms with Crippen LogP contribution in [0.3, 0.4) is 0 Å². The summed E-state index contributed by atoms with van der Waals surface area (Å²) in [5.74, 6) is -0.966. The molecule has 1 N–H and O–H groups in total. The third-order valence-electron chi connectivity index (χ3n) is 5.95. The first kappa shape index (κ1) is 23.6. The molecule has 10 heteroatoms. The Morgan fingerprint density at radius 3 is 2.52 bits per heavy atom. The number of halogens is 3. The Hall–Kier alpha value is -2.10. The Kier molecular flexibility index (Phi) is 7.28. The number of amides is 2. The molecule has 2 aliphatic rings. The number of carbonyl (C=O) groups is 2. The number of alkyl halides is 3. The van der Waals surface area contributed by atoms with Crippen LogP contribution in [0.1, 0.15) is 62.1 Å². The fourth-order valence-electron chi connectivity index (χ4n) is 4.20. The van der Waals surface area contributed by atoms with E-state index in [1.54, 1.807) is 0 Å². The van der Waals surface area contributed by atoms with Crippen LogP contribution < -0.4 is 5.32 Å². The standard InChI is InChI=1S/C21H27F3N2O4S/c22-21(23,24)16-6-3-5-15(13-16)18(14-26-11-4-9-20(26)28)25-19(27)10-12-31(29,30)17-7-1-2-8-17/h3,5-6,13,17-18H,1-2,4,7-12,14H2,(H,25,27). The number of carbonyl (C=O) groups excluding carboxylic acids is 2. The molecule has 2 fully saturated rings. The van der Waals surface area contributed by atoms with Crippen molar-refractivity contribution in [2.24, 2.45) is 0 Å². The molecule has 1 saturated carbocycles. The van der Waals surface area contributed by atoms with Crippen LogP contribution in [-0.2, 0) is 25.6 Å². The van der Waals surface area contributed by atoms with E-state index >= 15 is 0 Å². The quantitative estimate of drug-likeness (QED) is 0.646. The van der Waals surface area contributed by atoms with Crippen molar-refractivity contribution < 1.29 is 31.2 Å². The Morgan fingerprint density at radius 1 is 1.19 bits per heavy atom. The number of nitrogens with zero attached hydrogens (tertiary/aromatic N) is 1. The topological polar surface area (TPSA) is 83.6 Å². The van der Waals surface area contributed by atoms with Gasteiger partial charge in [0.1, 0.15) is 0 Å². The molecule has 3 rings (SSSR count). The Labute approximate surface area is 180 Å². The Morgan fingerprint density at radius 2 is 1.90 bits per heavy atom. The van der Waals surface area contributed by atoms with E-state index in [0.717, 1.165) is 25.0 Å². The summed E-state index contributed by atoms with van der Waals surface area (Å²) in [5, 5.41) is 2.24. The van der Waals surface area contributed by atoms with E-state index in [2.05, 4.69) is 5.32 Å². The lowest BCUT2D eigenvalue weighted by Gasteiger charge is -2.26. The molecule has 1 saturated heterocycles. The summed E-state index contributed by atoms with van der Waals surface area (Å²) in [6, 6.07) is 3.77. The lowest BCUT2D eigenvalue weighted by molar-refractivity contribution is -0.137. The second-order valence-electron chi connectivity index (χ2n) is 8.21. The van der Waals surface area contributed by atoms with Crippen LogP contribution in [-0.4, -0.2) is 49.2 Å². The van der Waals surface area contributed by atoms with Crippen LogP contribution >= 0.6 is 0 Å². The molecule has 0 radical (unpaired) electrons. The highest BCUT2D eigenvalue weighted by Gasteiger charge is 2.33. The maximum absolute atomic E-state index is 13.1. The first-order valence-electron chi connectivity index (χ1n) is 10.5. The molecule has 2 amide bonds. The van der Waals surface area contributed by atoms with Crippen LogP contribution in [0.15, 0.2) is 24.3 Å². The highest BCUT2D eigenvalue weighted by Crippen LogP contribution is 2.31. The molecule has 1 atom stereocenters. The van der Waals surface area contributed by atoms with Gasteiger partial charge >= 0.3 is 6.18 Å². The number of hydrogen-bond acceptors (Lipinski definition) is 4. The van der Waals surface area contributed by atoms with Crippen molar-refractivity contribution in [2.75, 3.05) is 18.8 Å². The minimum atomic E-state index is -4.54. The lowest BCUT2D eigenvalue weighted by Crippen LogP contribution is -2.39. The molecule has 6 nitrogen and oxygen atoms in total. The fourth-order valence-corrected chi connectivity index (χ4v) is 6.05. The van der Waals surface area contributed by atoms with E-state index in [4.69, 9.17) is 0 Å². The van der Waals surface area contributed by atoms with Gasteiger partial charge in [-0.25, -0.2) is 8.42 Å². The summed E-state index contributed by atoms with van der Waals surface area (Å²) in [6.45, 7) is 0.515. The highest BCUT2D eigenvalue weighted by molar-refractivity contribution is 7.92. The van der Waals surface area contributed by atoms with Crippen LogP contribution in [0.2, 0.25) is 0 Å². The number of hydrogen-bond donors (Lipinski definition) is 1. The van der Waals surface area contributed by atoms with Crippen molar-refractivity contribution >= 4 is 21.7 Å². The third kappa shape index (κ3) is 6.21. The summed E-state index contributed by atoms with van der Waals surface area (Å²) >= 11 is 0. The molecule has 0 aromatic heterocycles. The van der Waals surface area contributed by atoms with Gasteiger partial charge in [-0.05, 0) is 37.0 Å². The average molecular weight is 461 g/mol. The number of likely N-dealkylation sites (tertiary alicyclic amines) is 1. The van der Waals surface area contributed by atoms with Gasteiger partial charge in [0.05, 0.1) is 22.6 Å². The van der Waals surface area contributed by atoms with E-state index in [0.29, 0.717) is 32.2 Å². The second kappa shape index (κ2) is 9.58. The van der Waals surface area contributed by atoms with Crippen LogP contribution in [0.5, 0.6) is 0 Å². The van der Waals surface area contributed by atoms with Crippen LogP contribution in [0, 0.1) is 0 Å². The minimum Gasteiger partial charge on any atom is -0.347 e. The summed E-state index contributed by atoms with van der Waals surface area (Å²) in [4.78, 5) is 26.0. The van der Waals surface area contributed by atoms with Crippen molar-refractivity contribution in [2.45, 2.75) is 62.4 Å². The zero-order valence-corrected chi connectivity index (χ0v) is 18.0. The highest BCUT2D eigenvalue weighted by atomic mass is 32.2. The van der Waals surface area contributed by atoms with Crippen molar-refractivity contribution in [3.63, 3.8) is 0 Å². The molecule has 1 aromatic carbocycles. The normalized spacial score (nSPS) is 19.1. The van der Waals surface area contributed by atoms with E-state index in [1.165, 1.54) is 17.0 Å². The zero-order chi connectivity index (χ0) is 22.6. The molecule has 1 aliphatic heterocycles. The largest absolute Gasteiger partial charge is 0.416 e. The fraction of sp³-hybridized carbons (Fsp3) is 0.619. The van der Waals surface area contributed by atoms with Crippen molar-refractivity contribution in [1.82, 2.24) is 10.2 Å². The molecule has 1 unspecified atom stereocenters. The summed E-state index contributed by atoms with van der Waals surface area (Å²) in [5.41, 5.74) is -0.623. The smallest absolute Gasteiger partial charge is 0.347 e. The molecule has 0 spiro atoms. The predicted octanol–water partition coefficient (Wildman–Crippen LogP) is 3.23. The average Bonchev–Trinajstić information content (AvgIpc) is 3.38. The third-order valence-corrected chi connectivity index (χ3v) is 8.21. The molecule has 1 heterocycles. The minimum absolute atomic E-state index is 0.0429. The van der Waals surface area contributed by atoms with Gasteiger partial charge in [0.15, 0.2) is 9.84 Å². The van der Waals surface area contributed by atoms with Gasteiger partial charge in [0.25, 0.3) is 0 Å². The SMILES string of the molecule is O=C(CCS(=O)(=O)C1CCCC1)NC(CN1CCCC1=O)c1cccc(C(F)(F)F)c1. The second-order valence-corrected chi connectivity index (χ2v) is 10.6. The first-order valence-corrected chi connectivity index (χ1v) is 12.2. The van der Waals surface area contributed by atoms with Gasteiger partial charge in [-0.2, -0.15) is 13.2 Å². The van der Waals surface area contributed by atoms with E-state index in [1.807, 2.05) is 0 Å².